The number of nitrogens with zero attached hydrogens (tertiary/aromatic N) is 2. The second kappa shape index (κ2) is 5.69. The number of aryl methyl sites for hydroxylation is 2. The number of hydrogen-bond acceptors (Lipinski definition) is 5. The zero-order chi connectivity index (χ0) is 14.7. The van der Waals surface area contributed by atoms with E-state index in [9.17, 15) is 4.79 Å². The Bertz CT molecular complexity index is 654. The van der Waals surface area contributed by atoms with Gasteiger partial charge in [0.1, 0.15) is 0 Å². The first-order valence-corrected chi connectivity index (χ1v) is 6.13. The Morgan fingerprint density at radius 2 is 1.85 bits per heavy atom. The summed E-state index contributed by atoms with van der Waals surface area (Å²) in [6.07, 6.45) is 1.40. The Labute approximate surface area is 117 Å². The zero-order valence-electron chi connectivity index (χ0n) is 11.9. The molecule has 0 spiro atoms. The molecule has 0 aliphatic rings. The standard InChI is InChI=1S/C15H16N2O3/c1-9-5-6-11(7-10(9)2)14(18)13-15(20-4)17-12(19-3)8-16-13/h5-8H,1-4H3. The minimum atomic E-state index is -0.222. The van der Waals surface area contributed by atoms with Crippen molar-refractivity contribution in [1.82, 2.24) is 9.97 Å². The molecule has 0 atom stereocenters. The van der Waals surface area contributed by atoms with Crippen molar-refractivity contribution in [3.8, 4) is 11.8 Å². The molecule has 0 saturated heterocycles. The number of methoxy groups -OCH3 is 2. The quantitative estimate of drug-likeness (QED) is 0.799. The monoisotopic (exact) mass is 272 g/mol. The third-order valence-corrected chi connectivity index (χ3v) is 3.11. The number of carbonyl (C=O) groups is 1. The first-order chi connectivity index (χ1) is 9.56. The molecule has 5 nitrogen and oxygen atoms in total. The highest BCUT2D eigenvalue weighted by atomic mass is 16.5. The minimum Gasteiger partial charge on any atom is -0.480 e. The van der Waals surface area contributed by atoms with E-state index in [1.807, 2.05) is 26.0 Å². The predicted molar refractivity (Wildman–Crippen MR) is 74.5 cm³/mol. The number of carbonyl (C=O) groups excluding carboxylic acids is 1. The first-order valence-electron chi connectivity index (χ1n) is 6.13. The van der Waals surface area contributed by atoms with Crippen molar-refractivity contribution >= 4 is 5.78 Å². The summed E-state index contributed by atoms with van der Waals surface area (Å²) in [5, 5.41) is 0. The zero-order valence-corrected chi connectivity index (χ0v) is 11.9. The van der Waals surface area contributed by atoms with Crippen LogP contribution in [0.5, 0.6) is 11.8 Å². The van der Waals surface area contributed by atoms with Gasteiger partial charge in [-0.1, -0.05) is 12.1 Å². The summed E-state index contributed by atoms with van der Waals surface area (Å²) in [5.74, 6) is 0.242. The van der Waals surface area contributed by atoms with Crippen LogP contribution >= 0.6 is 0 Å². The summed E-state index contributed by atoms with van der Waals surface area (Å²) in [7, 11) is 2.93. The van der Waals surface area contributed by atoms with E-state index in [0.717, 1.165) is 11.1 Å². The van der Waals surface area contributed by atoms with Crippen LogP contribution in [0.4, 0.5) is 0 Å². The normalized spacial score (nSPS) is 10.2. The lowest BCUT2D eigenvalue weighted by Gasteiger charge is -2.08. The fourth-order valence-corrected chi connectivity index (χ4v) is 1.77. The number of ketones is 1. The minimum absolute atomic E-state index is 0.160. The van der Waals surface area contributed by atoms with E-state index >= 15 is 0 Å². The average molecular weight is 272 g/mol. The van der Waals surface area contributed by atoms with Gasteiger partial charge in [0, 0.05) is 5.56 Å². The Kier molecular flexibility index (Phi) is 3.98. The highest BCUT2D eigenvalue weighted by molar-refractivity contribution is 6.09. The summed E-state index contributed by atoms with van der Waals surface area (Å²) in [6.45, 7) is 3.96. The molecule has 0 aliphatic carbocycles. The molecule has 2 aromatic rings. The molecule has 0 unspecified atom stereocenters. The molecule has 1 aromatic carbocycles. The van der Waals surface area contributed by atoms with Gasteiger partial charge >= 0.3 is 0 Å². The molecule has 0 N–H and O–H groups in total. The van der Waals surface area contributed by atoms with Crippen molar-refractivity contribution in [2.24, 2.45) is 0 Å². The maximum absolute atomic E-state index is 12.5. The summed E-state index contributed by atoms with van der Waals surface area (Å²) >= 11 is 0. The van der Waals surface area contributed by atoms with Gasteiger partial charge in [-0.2, -0.15) is 4.98 Å². The fourth-order valence-electron chi connectivity index (χ4n) is 1.77. The van der Waals surface area contributed by atoms with Gasteiger partial charge in [-0.3, -0.25) is 4.79 Å². The van der Waals surface area contributed by atoms with Gasteiger partial charge in [0.25, 0.3) is 0 Å². The molecule has 0 radical (unpaired) electrons. The van der Waals surface area contributed by atoms with Crippen molar-refractivity contribution in [3.05, 3.63) is 46.8 Å². The van der Waals surface area contributed by atoms with Gasteiger partial charge in [0.05, 0.1) is 20.4 Å². The van der Waals surface area contributed by atoms with Gasteiger partial charge in [0.15, 0.2) is 5.69 Å². The van der Waals surface area contributed by atoms with Crippen LogP contribution < -0.4 is 9.47 Å². The number of aromatic nitrogens is 2. The third kappa shape index (κ3) is 2.61. The molecule has 0 aliphatic heterocycles. The average Bonchev–Trinajstić information content (AvgIpc) is 2.48. The second-order valence-electron chi connectivity index (χ2n) is 4.40. The molecule has 5 heteroatoms. The third-order valence-electron chi connectivity index (χ3n) is 3.11. The predicted octanol–water partition coefficient (Wildman–Crippen LogP) is 2.34. The molecule has 104 valence electrons. The van der Waals surface area contributed by atoms with Crippen LogP contribution in [0.1, 0.15) is 27.2 Å². The number of hydrogen-bond donors (Lipinski definition) is 0. The van der Waals surface area contributed by atoms with E-state index in [2.05, 4.69) is 9.97 Å². The van der Waals surface area contributed by atoms with Crippen molar-refractivity contribution < 1.29 is 14.3 Å². The second-order valence-corrected chi connectivity index (χ2v) is 4.40. The smallest absolute Gasteiger partial charge is 0.247 e. The Morgan fingerprint density at radius 3 is 2.45 bits per heavy atom. The molecule has 0 fully saturated rings. The van der Waals surface area contributed by atoms with Gasteiger partial charge in [-0.05, 0) is 31.0 Å². The number of benzene rings is 1. The van der Waals surface area contributed by atoms with E-state index in [0.29, 0.717) is 11.4 Å². The lowest BCUT2D eigenvalue weighted by atomic mass is 10.0. The van der Waals surface area contributed by atoms with Gasteiger partial charge in [-0.15, -0.1) is 0 Å². The van der Waals surface area contributed by atoms with E-state index in [1.165, 1.54) is 20.4 Å². The molecule has 2 rings (SSSR count). The highest BCUT2D eigenvalue weighted by Crippen LogP contribution is 2.21. The summed E-state index contributed by atoms with van der Waals surface area (Å²) in [6, 6.07) is 5.52. The van der Waals surface area contributed by atoms with Crippen LogP contribution in [0.25, 0.3) is 0 Å². The van der Waals surface area contributed by atoms with E-state index in [1.54, 1.807) is 6.07 Å². The largest absolute Gasteiger partial charge is 0.480 e. The number of rotatable bonds is 4. The van der Waals surface area contributed by atoms with Crippen LogP contribution in [-0.4, -0.2) is 30.0 Å². The molecule has 1 heterocycles. The van der Waals surface area contributed by atoms with Gasteiger partial charge < -0.3 is 9.47 Å². The van der Waals surface area contributed by atoms with Crippen LogP contribution in [0.2, 0.25) is 0 Å². The lowest BCUT2D eigenvalue weighted by Crippen LogP contribution is -2.09. The van der Waals surface area contributed by atoms with Crippen molar-refractivity contribution in [3.63, 3.8) is 0 Å². The molecular weight excluding hydrogens is 256 g/mol. The summed E-state index contributed by atoms with van der Waals surface area (Å²) in [4.78, 5) is 20.6. The molecule has 20 heavy (non-hydrogen) atoms. The maximum atomic E-state index is 12.5. The van der Waals surface area contributed by atoms with Gasteiger partial charge in [0.2, 0.25) is 17.5 Å². The van der Waals surface area contributed by atoms with Crippen molar-refractivity contribution in [2.45, 2.75) is 13.8 Å². The van der Waals surface area contributed by atoms with Gasteiger partial charge in [-0.25, -0.2) is 4.98 Å². The highest BCUT2D eigenvalue weighted by Gasteiger charge is 2.18. The fraction of sp³-hybridized carbons (Fsp3) is 0.267. The van der Waals surface area contributed by atoms with Crippen molar-refractivity contribution in [1.29, 1.82) is 0 Å². The Morgan fingerprint density at radius 1 is 1.10 bits per heavy atom. The maximum Gasteiger partial charge on any atom is 0.247 e. The number of ether oxygens (including phenoxy) is 2. The first kappa shape index (κ1) is 14.0. The van der Waals surface area contributed by atoms with Crippen LogP contribution in [0.15, 0.2) is 24.4 Å². The summed E-state index contributed by atoms with van der Waals surface area (Å²) < 4.78 is 10.1. The van der Waals surface area contributed by atoms with E-state index in [4.69, 9.17) is 9.47 Å². The Hall–Kier alpha value is -2.43. The molecule has 0 amide bonds. The molecule has 1 aromatic heterocycles. The van der Waals surface area contributed by atoms with Crippen LogP contribution in [-0.2, 0) is 0 Å². The molecule has 0 bridgehead atoms. The molecular formula is C15H16N2O3. The topological polar surface area (TPSA) is 61.3 Å². The van der Waals surface area contributed by atoms with Crippen LogP contribution in [0, 0.1) is 13.8 Å². The van der Waals surface area contributed by atoms with E-state index < -0.39 is 0 Å². The SMILES string of the molecule is COc1cnc(C(=O)c2ccc(C)c(C)c2)c(OC)n1. The van der Waals surface area contributed by atoms with Crippen LogP contribution in [0.3, 0.4) is 0 Å². The Balaban J connectivity index is 2.44. The van der Waals surface area contributed by atoms with Crippen molar-refractivity contribution in [2.75, 3.05) is 14.2 Å². The molecule has 0 saturated carbocycles. The lowest BCUT2D eigenvalue weighted by molar-refractivity contribution is 0.103. The van der Waals surface area contributed by atoms with E-state index in [-0.39, 0.29) is 17.4 Å². The summed E-state index contributed by atoms with van der Waals surface area (Å²) in [5.41, 5.74) is 2.92.